The van der Waals surface area contributed by atoms with Gasteiger partial charge in [0.05, 0.1) is 16.7 Å². The molecule has 0 aliphatic carbocycles. The van der Waals surface area contributed by atoms with Gasteiger partial charge in [-0.2, -0.15) is 0 Å². The fourth-order valence-electron chi connectivity index (χ4n) is 9.02. The molecule has 0 N–H and O–H groups in total. The van der Waals surface area contributed by atoms with Gasteiger partial charge in [0, 0.05) is 55.7 Å². The predicted octanol–water partition coefficient (Wildman–Crippen LogP) is 13.6. The van der Waals surface area contributed by atoms with Crippen molar-refractivity contribution < 1.29 is 17.6 Å². The third kappa shape index (κ3) is 4.81. The number of halogens is 4. The highest BCUT2D eigenvalue weighted by Gasteiger charge is 2.44. The zero-order chi connectivity index (χ0) is 38.0. The maximum absolute atomic E-state index is 14.3. The van der Waals surface area contributed by atoms with Gasteiger partial charge in [0.1, 0.15) is 23.3 Å². The van der Waals surface area contributed by atoms with Crippen LogP contribution in [0.2, 0.25) is 0 Å². The number of fused-ring (bicyclic) bond motifs is 1. The van der Waals surface area contributed by atoms with E-state index in [9.17, 15) is 17.6 Å². The first-order valence-electron chi connectivity index (χ1n) is 18.4. The monoisotopic (exact) mass is 729 g/mol. The first-order valence-corrected chi connectivity index (χ1v) is 18.4. The van der Waals surface area contributed by atoms with E-state index in [1.807, 2.05) is 9.80 Å². The van der Waals surface area contributed by atoms with E-state index in [-0.39, 0.29) is 23.3 Å². The van der Waals surface area contributed by atoms with Crippen molar-refractivity contribution in [3.8, 4) is 5.69 Å². The minimum atomic E-state index is -0.425. The van der Waals surface area contributed by atoms with E-state index in [1.165, 1.54) is 65.3 Å². The Kier molecular flexibility index (Phi) is 7.00. The summed E-state index contributed by atoms with van der Waals surface area (Å²) in [6, 6.07) is 40.8. The Morgan fingerprint density at radius 3 is 1.00 bits per heavy atom. The SMILES string of the molecule is CC1(C)c2cccc3c2-n2c4c1cc(N(c1ccc(F)cc1)c1ccc(F)cc1)cc4c1cc(N(c4ccc(F)cc4)c4ccc(F)cc4)cc(c12)C3(C)C. The number of hydrogen-bond acceptors (Lipinski definition) is 2. The molecule has 7 aromatic carbocycles. The second kappa shape index (κ2) is 11.6. The van der Waals surface area contributed by atoms with Crippen molar-refractivity contribution in [2.45, 2.75) is 38.5 Å². The number of hydrogen-bond donors (Lipinski definition) is 0. The Morgan fingerprint density at radius 1 is 0.382 bits per heavy atom. The van der Waals surface area contributed by atoms with Crippen molar-refractivity contribution in [1.82, 2.24) is 4.57 Å². The smallest absolute Gasteiger partial charge is 0.123 e. The molecular weight excluding hydrogens is 695 g/mol. The Labute approximate surface area is 316 Å². The van der Waals surface area contributed by atoms with Crippen molar-refractivity contribution in [2.75, 3.05) is 9.80 Å². The molecule has 2 aliphatic heterocycles. The first-order chi connectivity index (χ1) is 26.4. The Hall–Kier alpha value is -6.34. The Balaban J connectivity index is 1.34. The quantitative estimate of drug-likeness (QED) is 0.158. The molecule has 0 spiro atoms. The molecule has 0 radical (unpaired) electrons. The van der Waals surface area contributed by atoms with Gasteiger partial charge in [-0.05, 0) is 144 Å². The molecule has 8 aromatic rings. The number of benzene rings is 7. The fraction of sp³-hybridized carbons (Fsp3) is 0.125. The molecule has 0 amide bonds. The summed E-state index contributed by atoms with van der Waals surface area (Å²) in [7, 11) is 0. The molecule has 1 aromatic heterocycles. The van der Waals surface area contributed by atoms with Crippen LogP contribution < -0.4 is 9.80 Å². The second-order valence-electron chi connectivity index (χ2n) is 15.6. The largest absolute Gasteiger partial charge is 0.310 e. The van der Waals surface area contributed by atoms with Crippen molar-refractivity contribution >= 4 is 55.9 Å². The third-order valence-electron chi connectivity index (χ3n) is 11.7. The van der Waals surface area contributed by atoms with Gasteiger partial charge in [0.25, 0.3) is 0 Å². The number of nitrogens with zero attached hydrogens (tertiary/aromatic N) is 3. The highest BCUT2D eigenvalue weighted by molar-refractivity contribution is 6.16. The minimum Gasteiger partial charge on any atom is -0.310 e. The molecule has 2 aliphatic rings. The summed E-state index contributed by atoms with van der Waals surface area (Å²) < 4.78 is 59.8. The third-order valence-corrected chi connectivity index (χ3v) is 11.7. The fourth-order valence-corrected chi connectivity index (χ4v) is 9.02. The highest BCUT2D eigenvalue weighted by Crippen LogP contribution is 2.57. The van der Waals surface area contributed by atoms with Crippen LogP contribution in [0.3, 0.4) is 0 Å². The number of para-hydroxylation sites is 1. The predicted molar refractivity (Wildman–Crippen MR) is 214 cm³/mol. The highest BCUT2D eigenvalue weighted by atomic mass is 19.1. The lowest BCUT2D eigenvalue weighted by Crippen LogP contribution is -2.33. The average Bonchev–Trinajstić information content (AvgIpc) is 3.50. The zero-order valence-corrected chi connectivity index (χ0v) is 30.6. The van der Waals surface area contributed by atoms with Crippen LogP contribution in [0.4, 0.5) is 51.7 Å². The summed E-state index contributed by atoms with van der Waals surface area (Å²) >= 11 is 0. The van der Waals surface area contributed by atoms with E-state index >= 15 is 0 Å². The summed E-state index contributed by atoms with van der Waals surface area (Å²) in [6.45, 7) is 9.06. The van der Waals surface area contributed by atoms with E-state index in [0.29, 0.717) is 0 Å². The lowest BCUT2D eigenvalue weighted by atomic mass is 9.68. The van der Waals surface area contributed by atoms with Crippen LogP contribution in [-0.4, -0.2) is 4.57 Å². The van der Waals surface area contributed by atoms with E-state index in [0.717, 1.165) is 67.1 Å². The maximum Gasteiger partial charge on any atom is 0.123 e. The lowest BCUT2D eigenvalue weighted by molar-refractivity contribution is 0.593. The summed E-state index contributed by atoms with van der Waals surface area (Å²) in [6.07, 6.45) is 0. The van der Waals surface area contributed by atoms with E-state index in [4.69, 9.17) is 0 Å². The topological polar surface area (TPSA) is 11.4 Å². The molecule has 3 heterocycles. The molecule has 0 saturated carbocycles. The number of rotatable bonds is 6. The maximum atomic E-state index is 14.3. The molecule has 10 rings (SSSR count). The van der Waals surface area contributed by atoms with E-state index in [1.54, 1.807) is 48.5 Å². The molecule has 0 saturated heterocycles. The van der Waals surface area contributed by atoms with Gasteiger partial charge < -0.3 is 14.4 Å². The number of anilines is 6. The van der Waals surface area contributed by atoms with Gasteiger partial charge in [-0.3, -0.25) is 0 Å². The van der Waals surface area contributed by atoms with Gasteiger partial charge >= 0.3 is 0 Å². The normalized spacial score (nSPS) is 14.5. The van der Waals surface area contributed by atoms with Crippen LogP contribution in [0, 0.1) is 23.3 Å². The average molecular weight is 730 g/mol. The Bertz CT molecular complexity index is 2550. The van der Waals surface area contributed by atoms with Crippen LogP contribution >= 0.6 is 0 Å². The summed E-state index contributed by atoms with van der Waals surface area (Å²) in [5, 5.41) is 2.04. The zero-order valence-electron chi connectivity index (χ0n) is 30.6. The van der Waals surface area contributed by atoms with E-state index in [2.05, 4.69) is 74.7 Å². The second-order valence-corrected chi connectivity index (χ2v) is 15.6. The van der Waals surface area contributed by atoms with Crippen molar-refractivity contribution in [1.29, 1.82) is 0 Å². The van der Waals surface area contributed by atoms with Crippen LogP contribution in [0.5, 0.6) is 0 Å². The summed E-state index contributed by atoms with van der Waals surface area (Å²) in [5.41, 5.74) is 11.8. The molecule has 0 fully saturated rings. The van der Waals surface area contributed by atoms with Gasteiger partial charge in [0.2, 0.25) is 0 Å². The van der Waals surface area contributed by atoms with Gasteiger partial charge in [-0.1, -0.05) is 45.9 Å². The molecule has 270 valence electrons. The molecule has 55 heavy (non-hydrogen) atoms. The molecule has 3 nitrogen and oxygen atoms in total. The van der Waals surface area contributed by atoms with Crippen molar-refractivity contribution in [3.63, 3.8) is 0 Å². The van der Waals surface area contributed by atoms with Crippen molar-refractivity contribution in [3.05, 3.63) is 185 Å². The lowest BCUT2D eigenvalue weighted by Gasteiger charge is -2.42. The van der Waals surface area contributed by atoms with Gasteiger partial charge in [-0.15, -0.1) is 0 Å². The molecule has 0 unspecified atom stereocenters. The summed E-state index contributed by atoms with van der Waals surface area (Å²) in [4.78, 5) is 4.08. The Morgan fingerprint density at radius 2 is 0.691 bits per heavy atom. The summed E-state index contributed by atoms with van der Waals surface area (Å²) in [5.74, 6) is -1.40. The van der Waals surface area contributed by atoms with Crippen LogP contribution in [0.1, 0.15) is 49.9 Å². The van der Waals surface area contributed by atoms with Crippen LogP contribution in [0.15, 0.2) is 140 Å². The van der Waals surface area contributed by atoms with Crippen LogP contribution in [0.25, 0.3) is 27.5 Å². The van der Waals surface area contributed by atoms with Gasteiger partial charge in [0.15, 0.2) is 0 Å². The number of aromatic nitrogens is 1. The van der Waals surface area contributed by atoms with E-state index < -0.39 is 10.8 Å². The molecule has 0 bridgehead atoms. The van der Waals surface area contributed by atoms with Gasteiger partial charge in [-0.25, -0.2) is 17.6 Å². The first kappa shape index (κ1) is 33.2. The standard InChI is InChI=1S/C48H35F4N3/c1-47(2)40-6-5-7-41-46(40)55-44-38(24-36(26-42(44)47)53(32-16-8-28(49)9-17-32)33-18-10-29(50)11-19-33)39-25-37(27-43(45(39)55)48(41,3)4)54(34-20-12-30(51)13-21-34)35-22-14-31(52)15-23-35/h5-27H,1-4H3. The van der Waals surface area contributed by atoms with Crippen LogP contribution in [-0.2, 0) is 10.8 Å². The minimum absolute atomic E-state index is 0.349. The molecular formula is C48H35F4N3. The van der Waals surface area contributed by atoms with Crippen molar-refractivity contribution in [2.24, 2.45) is 0 Å². The molecule has 7 heteroatoms. The molecule has 0 atom stereocenters.